The molecule has 56 heavy (non-hydrogen) atoms. The van der Waals surface area contributed by atoms with Gasteiger partial charge in [-0.05, 0) is 65.7 Å². The maximum absolute atomic E-state index is 7.00. The number of hydrogen-bond acceptors (Lipinski definition) is 4. The Kier molecular flexibility index (Phi) is 6.48. The highest BCUT2D eigenvalue weighted by Gasteiger charge is 2.51. The molecule has 2 aromatic heterocycles. The van der Waals surface area contributed by atoms with Crippen LogP contribution in [0.25, 0.3) is 49.9 Å². The standard InChI is InChI=1S/C51H32N4O/c1-3-17-33(18-4-1)49-36-22-7-12-26-42(36)52-50(53-49)55-43-27-13-8-21-35(43)37-31-48-41(32-46(37)55)51(40-25-11-16-30-47(40)56-48)38-23-9-14-28-44(38)54(34-19-5-2-6-20-34)45-29-15-10-24-39(45)51/h1-32H. The maximum Gasteiger partial charge on any atom is 0.235 e. The molecular formula is C51H32N4O. The number of aromatic nitrogens is 3. The van der Waals surface area contributed by atoms with Crippen molar-refractivity contribution in [1.82, 2.24) is 14.5 Å². The van der Waals surface area contributed by atoms with Crippen molar-refractivity contribution in [2.75, 3.05) is 4.90 Å². The van der Waals surface area contributed by atoms with Gasteiger partial charge in [-0.2, -0.15) is 0 Å². The van der Waals surface area contributed by atoms with E-state index in [0.29, 0.717) is 5.95 Å². The number of fused-ring (bicyclic) bond motifs is 12. The van der Waals surface area contributed by atoms with Gasteiger partial charge in [-0.1, -0.05) is 140 Å². The molecule has 4 heterocycles. The van der Waals surface area contributed by atoms with Gasteiger partial charge in [0.05, 0.1) is 39.0 Å². The van der Waals surface area contributed by atoms with Crippen molar-refractivity contribution in [3.8, 4) is 28.7 Å². The van der Waals surface area contributed by atoms with Crippen molar-refractivity contribution < 1.29 is 4.74 Å². The number of nitrogens with zero attached hydrogens (tertiary/aromatic N) is 4. The SMILES string of the molecule is c1ccc(-c2nc(-n3c4ccccc4c4cc5c(cc43)C3(c4ccccc4O5)c4ccccc4N(c4ccccc4)c4ccccc43)nc3ccccc23)cc1. The quantitative estimate of drug-likeness (QED) is 0.183. The van der Waals surface area contributed by atoms with E-state index in [2.05, 4.69) is 191 Å². The minimum Gasteiger partial charge on any atom is -0.457 e. The fourth-order valence-electron chi connectivity index (χ4n) is 9.38. The number of benzene rings is 8. The molecule has 0 N–H and O–H groups in total. The van der Waals surface area contributed by atoms with Gasteiger partial charge in [0.25, 0.3) is 0 Å². The molecule has 0 bridgehead atoms. The highest BCUT2D eigenvalue weighted by molar-refractivity contribution is 6.10. The minimum absolute atomic E-state index is 0.625. The summed E-state index contributed by atoms with van der Waals surface area (Å²) in [5.74, 6) is 2.31. The lowest BCUT2D eigenvalue weighted by atomic mass is 9.61. The molecule has 0 saturated carbocycles. The van der Waals surface area contributed by atoms with Gasteiger partial charge in [0.1, 0.15) is 11.5 Å². The Morgan fingerprint density at radius 3 is 1.80 bits per heavy atom. The second-order valence-corrected chi connectivity index (χ2v) is 14.5. The smallest absolute Gasteiger partial charge is 0.235 e. The highest BCUT2D eigenvalue weighted by Crippen LogP contribution is 2.63. The van der Waals surface area contributed by atoms with Gasteiger partial charge in [-0.25, -0.2) is 9.97 Å². The van der Waals surface area contributed by atoms with Crippen LogP contribution < -0.4 is 9.64 Å². The van der Waals surface area contributed by atoms with Crippen LogP contribution in [0, 0.1) is 0 Å². The molecule has 0 aliphatic carbocycles. The first-order valence-corrected chi connectivity index (χ1v) is 19.0. The first-order valence-electron chi connectivity index (χ1n) is 19.0. The molecule has 2 aliphatic rings. The summed E-state index contributed by atoms with van der Waals surface area (Å²) in [6.07, 6.45) is 0. The van der Waals surface area contributed by atoms with Crippen LogP contribution in [0.3, 0.4) is 0 Å². The second kappa shape index (κ2) is 11.7. The van der Waals surface area contributed by atoms with E-state index in [1.165, 1.54) is 11.1 Å². The fourth-order valence-corrected chi connectivity index (χ4v) is 9.38. The van der Waals surface area contributed by atoms with Crippen molar-refractivity contribution in [2.24, 2.45) is 0 Å². The van der Waals surface area contributed by atoms with E-state index in [1.54, 1.807) is 0 Å². The monoisotopic (exact) mass is 716 g/mol. The molecule has 0 amide bonds. The number of para-hydroxylation sites is 6. The third-order valence-electron chi connectivity index (χ3n) is 11.6. The van der Waals surface area contributed by atoms with Crippen molar-refractivity contribution in [3.63, 3.8) is 0 Å². The van der Waals surface area contributed by atoms with E-state index in [-0.39, 0.29) is 0 Å². The normalized spacial score (nSPS) is 13.6. The van der Waals surface area contributed by atoms with Gasteiger partial charge >= 0.3 is 0 Å². The fraction of sp³-hybridized carbons (Fsp3) is 0.0196. The summed E-state index contributed by atoms with van der Waals surface area (Å²) in [5.41, 5.74) is 12.1. The number of hydrogen-bond donors (Lipinski definition) is 0. The lowest BCUT2D eigenvalue weighted by Gasteiger charge is -2.48. The van der Waals surface area contributed by atoms with Crippen LogP contribution >= 0.6 is 0 Å². The van der Waals surface area contributed by atoms with E-state index in [1.807, 2.05) is 12.1 Å². The van der Waals surface area contributed by atoms with Gasteiger partial charge in [0, 0.05) is 38.5 Å². The summed E-state index contributed by atoms with van der Waals surface area (Å²) in [4.78, 5) is 13.1. The molecule has 12 rings (SSSR count). The predicted molar refractivity (Wildman–Crippen MR) is 226 cm³/mol. The summed E-state index contributed by atoms with van der Waals surface area (Å²) in [6, 6.07) is 68.8. The molecule has 5 heteroatoms. The van der Waals surface area contributed by atoms with Crippen LogP contribution in [0.4, 0.5) is 17.1 Å². The first-order chi connectivity index (χ1) is 27.8. The number of rotatable bonds is 3. The van der Waals surface area contributed by atoms with Crippen molar-refractivity contribution in [3.05, 3.63) is 216 Å². The molecule has 0 saturated heterocycles. The predicted octanol–water partition coefficient (Wildman–Crippen LogP) is 12.7. The summed E-state index contributed by atoms with van der Waals surface area (Å²) in [5, 5.41) is 3.21. The largest absolute Gasteiger partial charge is 0.457 e. The van der Waals surface area contributed by atoms with Crippen LogP contribution in [0.15, 0.2) is 194 Å². The van der Waals surface area contributed by atoms with Crippen molar-refractivity contribution >= 4 is 49.8 Å². The van der Waals surface area contributed by atoms with E-state index >= 15 is 0 Å². The zero-order valence-electron chi connectivity index (χ0n) is 30.2. The molecule has 0 radical (unpaired) electrons. The Labute approximate surface area is 323 Å². The molecular weight excluding hydrogens is 685 g/mol. The Bertz CT molecular complexity index is 3140. The van der Waals surface area contributed by atoms with Gasteiger partial charge < -0.3 is 9.64 Å². The Morgan fingerprint density at radius 2 is 1.04 bits per heavy atom. The Morgan fingerprint density at radius 1 is 0.429 bits per heavy atom. The zero-order chi connectivity index (χ0) is 36.8. The molecule has 0 unspecified atom stereocenters. The molecule has 8 aromatic carbocycles. The van der Waals surface area contributed by atoms with Crippen molar-refractivity contribution in [1.29, 1.82) is 0 Å². The summed E-state index contributed by atoms with van der Waals surface area (Å²) in [7, 11) is 0. The molecule has 262 valence electrons. The highest BCUT2D eigenvalue weighted by atomic mass is 16.5. The molecule has 10 aromatic rings. The third kappa shape index (κ3) is 4.19. The molecule has 5 nitrogen and oxygen atoms in total. The molecule has 0 fully saturated rings. The zero-order valence-corrected chi connectivity index (χ0v) is 30.2. The maximum atomic E-state index is 7.00. The van der Waals surface area contributed by atoms with Crippen LogP contribution in [0.2, 0.25) is 0 Å². The van der Waals surface area contributed by atoms with E-state index in [4.69, 9.17) is 14.7 Å². The van der Waals surface area contributed by atoms with E-state index in [9.17, 15) is 0 Å². The molecule has 2 aliphatic heterocycles. The lowest BCUT2D eigenvalue weighted by Crippen LogP contribution is -2.39. The summed E-state index contributed by atoms with van der Waals surface area (Å²) in [6.45, 7) is 0. The number of anilines is 3. The van der Waals surface area contributed by atoms with Gasteiger partial charge in [0.15, 0.2) is 0 Å². The summed E-state index contributed by atoms with van der Waals surface area (Å²) < 4.78 is 9.24. The second-order valence-electron chi connectivity index (χ2n) is 14.5. The Hall–Kier alpha value is -7.50. The van der Waals surface area contributed by atoms with Crippen LogP contribution in [0.5, 0.6) is 11.5 Å². The summed E-state index contributed by atoms with van der Waals surface area (Å²) >= 11 is 0. The van der Waals surface area contributed by atoms with Crippen LogP contribution in [-0.2, 0) is 5.41 Å². The average molecular weight is 717 g/mol. The van der Waals surface area contributed by atoms with Gasteiger partial charge in [-0.15, -0.1) is 0 Å². The van der Waals surface area contributed by atoms with E-state index in [0.717, 1.165) is 83.7 Å². The topological polar surface area (TPSA) is 43.2 Å². The van der Waals surface area contributed by atoms with Gasteiger partial charge in [-0.3, -0.25) is 4.57 Å². The van der Waals surface area contributed by atoms with Gasteiger partial charge in [0.2, 0.25) is 5.95 Å². The van der Waals surface area contributed by atoms with Crippen LogP contribution in [-0.4, -0.2) is 14.5 Å². The minimum atomic E-state index is -0.711. The van der Waals surface area contributed by atoms with Crippen molar-refractivity contribution in [2.45, 2.75) is 5.41 Å². The average Bonchev–Trinajstić information content (AvgIpc) is 3.59. The third-order valence-corrected chi connectivity index (χ3v) is 11.6. The van der Waals surface area contributed by atoms with E-state index < -0.39 is 5.41 Å². The Balaban J connectivity index is 1.22. The first kappa shape index (κ1) is 30.9. The van der Waals surface area contributed by atoms with Crippen LogP contribution in [0.1, 0.15) is 22.3 Å². The molecule has 1 spiro atoms. The molecule has 0 atom stereocenters. The lowest BCUT2D eigenvalue weighted by molar-refractivity contribution is 0.435. The number of ether oxygens (including phenoxy) is 1.